The topological polar surface area (TPSA) is 50.8 Å². The van der Waals surface area contributed by atoms with E-state index in [-0.39, 0.29) is 18.0 Å². The summed E-state index contributed by atoms with van der Waals surface area (Å²) in [6.45, 7) is 4.83. The summed E-state index contributed by atoms with van der Waals surface area (Å²) in [4.78, 5) is 14.7. The van der Waals surface area contributed by atoms with Gasteiger partial charge in [-0.15, -0.1) is 0 Å². The summed E-state index contributed by atoms with van der Waals surface area (Å²) in [5, 5.41) is 3.25. The average Bonchev–Trinajstić information content (AvgIpc) is 2.97. The Balaban J connectivity index is 1.66. The van der Waals surface area contributed by atoms with Gasteiger partial charge in [-0.3, -0.25) is 4.79 Å². The molecular weight excluding hydrogens is 280 g/mol. The fourth-order valence-electron chi connectivity index (χ4n) is 3.38. The van der Waals surface area contributed by atoms with Crippen molar-refractivity contribution in [1.29, 1.82) is 0 Å². The molecule has 0 aliphatic carbocycles. The number of rotatable bonds is 3. The molecule has 0 unspecified atom stereocenters. The van der Waals surface area contributed by atoms with Gasteiger partial charge in [-0.2, -0.15) is 0 Å². The maximum atomic E-state index is 12.7. The van der Waals surface area contributed by atoms with Gasteiger partial charge in [0.25, 0.3) is 0 Å². The van der Waals surface area contributed by atoms with Crippen molar-refractivity contribution in [2.24, 2.45) is 0 Å². The molecule has 2 aliphatic heterocycles. The number of amides is 1. The second-order valence-electron chi connectivity index (χ2n) is 6.13. The van der Waals surface area contributed by atoms with Crippen LogP contribution in [-0.2, 0) is 9.53 Å². The van der Waals surface area contributed by atoms with Crippen LogP contribution in [0.15, 0.2) is 24.3 Å². The summed E-state index contributed by atoms with van der Waals surface area (Å²) < 4.78 is 10.6. The number of nitrogens with one attached hydrogen (secondary N) is 1. The third-order valence-electron chi connectivity index (χ3n) is 4.66. The quantitative estimate of drug-likeness (QED) is 0.917. The molecule has 5 nitrogen and oxygen atoms in total. The normalized spacial score (nSPS) is 28.6. The highest BCUT2D eigenvalue weighted by Gasteiger charge is 2.36. The van der Waals surface area contributed by atoms with Gasteiger partial charge in [0, 0.05) is 25.0 Å². The van der Waals surface area contributed by atoms with E-state index >= 15 is 0 Å². The van der Waals surface area contributed by atoms with Gasteiger partial charge < -0.3 is 19.7 Å². The summed E-state index contributed by atoms with van der Waals surface area (Å²) in [5.74, 6) is 1.43. The second kappa shape index (κ2) is 6.67. The Bertz CT molecular complexity index is 511. The highest BCUT2D eigenvalue weighted by molar-refractivity contribution is 5.82. The van der Waals surface area contributed by atoms with E-state index in [2.05, 4.69) is 24.4 Å². The molecule has 5 heteroatoms. The van der Waals surface area contributed by atoms with Gasteiger partial charge in [-0.25, -0.2) is 0 Å². The summed E-state index contributed by atoms with van der Waals surface area (Å²) in [6.07, 6.45) is 1.01. The van der Waals surface area contributed by atoms with E-state index in [0.717, 1.165) is 25.3 Å². The van der Waals surface area contributed by atoms with Crippen LogP contribution >= 0.6 is 0 Å². The SMILES string of the molecule is COc1ccc([C@@H]2C[C@H](C)N(C(=O)[C@@H]3COCCN3)C2)cc1. The van der Waals surface area contributed by atoms with Gasteiger partial charge in [0.15, 0.2) is 0 Å². The minimum Gasteiger partial charge on any atom is -0.497 e. The van der Waals surface area contributed by atoms with Crippen LogP contribution in [0.4, 0.5) is 0 Å². The first kappa shape index (κ1) is 15.3. The number of methoxy groups -OCH3 is 1. The first-order valence-electron chi connectivity index (χ1n) is 7.94. The first-order valence-corrected chi connectivity index (χ1v) is 7.94. The number of nitrogens with zero attached hydrogens (tertiary/aromatic N) is 1. The van der Waals surface area contributed by atoms with Gasteiger partial charge in [0.2, 0.25) is 5.91 Å². The van der Waals surface area contributed by atoms with Crippen LogP contribution in [0.2, 0.25) is 0 Å². The third-order valence-corrected chi connectivity index (χ3v) is 4.66. The number of hydrogen-bond acceptors (Lipinski definition) is 4. The Morgan fingerprint density at radius 1 is 1.36 bits per heavy atom. The Kier molecular flexibility index (Phi) is 4.64. The number of benzene rings is 1. The van der Waals surface area contributed by atoms with Gasteiger partial charge in [-0.1, -0.05) is 12.1 Å². The molecule has 1 N–H and O–H groups in total. The molecule has 120 valence electrons. The zero-order valence-corrected chi connectivity index (χ0v) is 13.2. The molecule has 0 saturated carbocycles. The molecule has 1 aromatic rings. The summed E-state index contributed by atoms with van der Waals surface area (Å²) in [5.41, 5.74) is 1.27. The van der Waals surface area contributed by atoms with Gasteiger partial charge >= 0.3 is 0 Å². The van der Waals surface area contributed by atoms with Crippen LogP contribution in [0, 0.1) is 0 Å². The van der Waals surface area contributed by atoms with Crippen LogP contribution in [0.25, 0.3) is 0 Å². The van der Waals surface area contributed by atoms with E-state index in [0.29, 0.717) is 19.1 Å². The standard InChI is InChI=1S/C17H24N2O3/c1-12-9-14(13-3-5-15(21-2)6-4-13)10-19(12)17(20)16-11-22-8-7-18-16/h3-6,12,14,16,18H,7-11H2,1-2H3/t12-,14+,16-/m0/s1. The van der Waals surface area contributed by atoms with Crippen molar-refractivity contribution >= 4 is 5.91 Å². The molecule has 0 bridgehead atoms. The van der Waals surface area contributed by atoms with Gasteiger partial charge in [-0.05, 0) is 31.0 Å². The number of ether oxygens (including phenoxy) is 2. The lowest BCUT2D eigenvalue weighted by atomic mass is 9.97. The Hall–Kier alpha value is -1.59. The number of carbonyl (C=O) groups is 1. The zero-order valence-electron chi connectivity index (χ0n) is 13.2. The molecule has 0 aromatic heterocycles. The molecule has 1 aromatic carbocycles. The zero-order chi connectivity index (χ0) is 15.5. The second-order valence-corrected chi connectivity index (χ2v) is 6.13. The molecule has 0 radical (unpaired) electrons. The van der Waals surface area contributed by atoms with E-state index in [1.165, 1.54) is 5.56 Å². The van der Waals surface area contributed by atoms with Crippen LogP contribution in [-0.4, -0.2) is 56.3 Å². The predicted molar refractivity (Wildman–Crippen MR) is 84.1 cm³/mol. The molecule has 2 heterocycles. The lowest BCUT2D eigenvalue weighted by Gasteiger charge is -2.29. The minimum atomic E-state index is -0.189. The highest BCUT2D eigenvalue weighted by atomic mass is 16.5. The number of hydrogen-bond donors (Lipinski definition) is 1. The molecule has 22 heavy (non-hydrogen) atoms. The van der Waals surface area contributed by atoms with Crippen LogP contribution < -0.4 is 10.1 Å². The fraction of sp³-hybridized carbons (Fsp3) is 0.588. The Morgan fingerprint density at radius 3 is 2.77 bits per heavy atom. The van der Waals surface area contributed by atoms with E-state index in [1.807, 2.05) is 17.0 Å². The van der Waals surface area contributed by atoms with Gasteiger partial charge in [0.05, 0.1) is 20.3 Å². The number of carbonyl (C=O) groups excluding carboxylic acids is 1. The smallest absolute Gasteiger partial charge is 0.242 e. The van der Waals surface area contributed by atoms with Crippen LogP contribution in [0.5, 0.6) is 5.75 Å². The Labute approximate surface area is 131 Å². The molecule has 1 amide bonds. The monoisotopic (exact) mass is 304 g/mol. The first-order chi connectivity index (χ1) is 10.7. The molecule has 3 atom stereocenters. The number of likely N-dealkylation sites (tertiary alicyclic amines) is 1. The lowest BCUT2D eigenvalue weighted by Crippen LogP contribution is -2.53. The predicted octanol–water partition coefficient (Wildman–Crippen LogP) is 1.39. The van der Waals surface area contributed by atoms with Gasteiger partial charge in [0.1, 0.15) is 11.8 Å². The van der Waals surface area contributed by atoms with Crippen molar-refractivity contribution in [3.63, 3.8) is 0 Å². The van der Waals surface area contributed by atoms with Crippen LogP contribution in [0.1, 0.15) is 24.8 Å². The van der Waals surface area contributed by atoms with E-state index in [9.17, 15) is 4.79 Å². The van der Waals surface area contributed by atoms with Crippen LogP contribution in [0.3, 0.4) is 0 Å². The average molecular weight is 304 g/mol. The van der Waals surface area contributed by atoms with Crippen molar-refractivity contribution in [2.45, 2.75) is 31.3 Å². The van der Waals surface area contributed by atoms with Crippen molar-refractivity contribution in [3.8, 4) is 5.75 Å². The molecule has 0 spiro atoms. The fourth-order valence-corrected chi connectivity index (χ4v) is 3.38. The molecule has 2 aliphatic rings. The van der Waals surface area contributed by atoms with E-state index in [1.54, 1.807) is 7.11 Å². The van der Waals surface area contributed by atoms with E-state index in [4.69, 9.17) is 9.47 Å². The van der Waals surface area contributed by atoms with Crippen molar-refractivity contribution in [1.82, 2.24) is 10.2 Å². The summed E-state index contributed by atoms with van der Waals surface area (Å²) in [7, 11) is 1.67. The molecular formula is C17H24N2O3. The van der Waals surface area contributed by atoms with Crippen molar-refractivity contribution in [3.05, 3.63) is 29.8 Å². The van der Waals surface area contributed by atoms with Crippen molar-refractivity contribution < 1.29 is 14.3 Å². The molecule has 2 saturated heterocycles. The maximum Gasteiger partial charge on any atom is 0.242 e. The largest absolute Gasteiger partial charge is 0.497 e. The maximum absolute atomic E-state index is 12.7. The van der Waals surface area contributed by atoms with E-state index < -0.39 is 0 Å². The summed E-state index contributed by atoms with van der Waals surface area (Å²) in [6, 6.07) is 8.26. The summed E-state index contributed by atoms with van der Waals surface area (Å²) >= 11 is 0. The number of morpholine rings is 1. The highest BCUT2D eigenvalue weighted by Crippen LogP contribution is 2.32. The lowest BCUT2D eigenvalue weighted by molar-refractivity contribution is -0.136. The molecule has 2 fully saturated rings. The third kappa shape index (κ3) is 3.10. The molecule has 3 rings (SSSR count). The minimum absolute atomic E-state index is 0.170. The Morgan fingerprint density at radius 2 is 2.14 bits per heavy atom. The van der Waals surface area contributed by atoms with Crippen molar-refractivity contribution in [2.75, 3.05) is 33.4 Å².